The molecule has 0 N–H and O–H groups in total. The fourth-order valence-corrected chi connectivity index (χ4v) is 3.66. The third-order valence-corrected chi connectivity index (χ3v) is 5.24. The standard InChI is InChI=1S/C17H23N5O/c1-11-8-13(11)17(23)21-5-4-15-18-10-14(22(15)7-6-21)16-12(2)9-19-20(16)3/h9-11,13H,4-8H2,1-3H3/t11-,13+/m0/s1. The maximum atomic E-state index is 12.5. The predicted octanol–water partition coefficient (Wildman–Crippen LogP) is 1.63. The van der Waals surface area contributed by atoms with Gasteiger partial charge < -0.3 is 9.47 Å². The molecule has 6 nitrogen and oxygen atoms in total. The molecule has 1 saturated carbocycles. The Morgan fingerprint density at radius 1 is 1.26 bits per heavy atom. The minimum absolute atomic E-state index is 0.263. The fraction of sp³-hybridized carbons (Fsp3) is 0.588. The van der Waals surface area contributed by atoms with Gasteiger partial charge in [0, 0.05) is 39.0 Å². The van der Waals surface area contributed by atoms with Crippen LogP contribution in [0.15, 0.2) is 12.4 Å². The molecule has 0 aromatic carbocycles. The first-order valence-electron chi connectivity index (χ1n) is 8.38. The molecule has 4 rings (SSSR count). The average molecular weight is 313 g/mol. The molecule has 2 aromatic heterocycles. The molecule has 1 aliphatic carbocycles. The molecule has 1 amide bonds. The molecule has 23 heavy (non-hydrogen) atoms. The predicted molar refractivity (Wildman–Crippen MR) is 86.7 cm³/mol. The third kappa shape index (κ3) is 2.36. The van der Waals surface area contributed by atoms with Gasteiger partial charge in [-0.15, -0.1) is 0 Å². The molecule has 0 radical (unpaired) electrons. The first kappa shape index (κ1) is 14.5. The summed E-state index contributed by atoms with van der Waals surface area (Å²) >= 11 is 0. The second-order valence-electron chi connectivity index (χ2n) is 6.91. The average Bonchev–Trinajstić information content (AvgIpc) is 3.09. The molecule has 1 fully saturated rings. The van der Waals surface area contributed by atoms with Gasteiger partial charge in [0.25, 0.3) is 0 Å². The van der Waals surface area contributed by atoms with Crippen LogP contribution >= 0.6 is 0 Å². The number of aryl methyl sites for hydroxylation is 2. The van der Waals surface area contributed by atoms with Crippen molar-refractivity contribution < 1.29 is 4.79 Å². The Hall–Kier alpha value is -2.11. The van der Waals surface area contributed by atoms with Crippen molar-refractivity contribution in [2.75, 3.05) is 13.1 Å². The Labute approximate surface area is 136 Å². The van der Waals surface area contributed by atoms with Crippen molar-refractivity contribution in [3.63, 3.8) is 0 Å². The largest absolute Gasteiger partial charge is 0.340 e. The van der Waals surface area contributed by atoms with E-state index in [0.717, 1.165) is 55.3 Å². The molecular weight excluding hydrogens is 290 g/mol. The molecule has 0 bridgehead atoms. The van der Waals surface area contributed by atoms with Crippen LogP contribution in [0.3, 0.4) is 0 Å². The van der Waals surface area contributed by atoms with E-state index in [1.807, 2.05) is 29.0 Å². The topological polar surface area (TPSA) is 56.0 Å². The van der Waals surface area contributed by atoms with Gasteiger partial charge in [-0.05, 0) is 24.8 Å². The van der Waals surface area contributed by atoms with E-state index < -0.39 is 0 Å². The second kappa shape index (κ2) is 5.22. The van der Waals surface area contributed by atoms with E-state index in [4.69, 9.17) is 0 Å². The highest BCUT2D eigenvalue weighted by atomic mass is 16.2. The van der Waals surface area contributed by atoms with E-state index in [-0.39, 0.29) is 5.92 Å². The molecule has 0 unspecified atom stereocenters. The summed E-state index contributed by atoms with van der Waals surface area (Å²) in [7, 11) is 1.96. The fourth-order valence-electron chi connectivity index (χ4n) is 3.66. The minimum Gasteiger partial charge on any atom is -0.340 e. The second-order valence-corrected chi connectivity index (χ2v) is 6.91. The van der Waals surface area contributed by atoms with Crippen LogP contribution in [-0.4, -0.2) is 43.2 Å². The van der Waals surface area contributed by atoms with Gasteiger partial charge in [0.2, 0.25) is 5.91 Å². The van der Waals surface area contributed by atoms with Crippen molar-refractivity contribution in [2.24, 2.45) is 18.9 Å². The molecule has 1 aliphatic heterocycles. The van der Waals surface area contributed by atoms with Crippen LogP contribution in [0.2, 0.25) is 0 Å². The van der Waals surface area contributed by atoms with Crippen molar-refractivity contribution in [1.82, 2.24) is 24.2 Å². The lowest BCUT2D eigenvalue weighted by Crippen LogP contribution is -2.35. The van der Waals surface area contributed by atoms with Gasteiger partial charge >= 0.3 is 0 Å². The van der Waals surface area contributed by atoms with Crippen molar-refractivity contribution in [3.8, 4) is 11.4 Å². The first-order valence-corrected chi connectivity index (χ1v) is 8.38. The summed E-state index contributed by atoms with van der Waals surface area (Å²) < 4.78 is 4.16. The quantitative estimate of drug-likeness (QED) is 0.847. The minimum atomic E-state index is 0.263. The Bertz CT molecular complexity index is 740. The summed E-state index contributed by atoms with van der Waals surface area (Å²) in [6.45, 7) is 6.60. The zero-order chi connectivity index (χ0) is 16.1. The smallest absolute Gasteiger partial charge is 0.226 e. The SMILES string of the molecule is Cc1cnn(C)c1-c1cnc2n1CCN(C(=O)[C@@H]1C[C@@H]1C)CC2. The number of imidazole rings is 1. The number of nitrogens with zero attached hydrogens (tertiary/aromatic N) is 5. The zero-order valence-corrected chi connectivity index (χ0v) is 14.0. The Kier molecular flexibility index (Phi) is 3.28. The Morgan fingerprint density at radius 2 is 2.04 bits per heavy atom. The lowest BCUT2D eigenvalue weighted by atomic mass is 10.2. The molecule has 2 atom stereocenters. The highest BCUT2D eigenvalue weighted by molar-refractivity contribution is 5.81. The van der Waals surface area contributed by atoms with E-state index in [1.54, 1.807) is 0 Å². The van der Waals surface area contributed by atoms with Gasteiger partial charge in [-0.2, -0.15) is 5.10 Å². The van der Waals surface area contributed by atoms with Crippen molar-refractivity contribution >= 4 is 5.91 Å². The lowest BCUT2D eigenvalue weighted by Gasteiger charge is -2.20. The Balaban J connectivity index is 1.59. The number of carbonyl (C=O) groups is 1. The number of carbonyl (C=O) groups excluding carboxylic acids is 1. The van der Waals surface area contributed by atoms with E-state index in [0.29, 0.717) is 11.8 Å². The van der Waals surface area contributed by atoms with Gasteiger partial charge in [-0.3, -0.25) is 9.48 Å². The number of rotatable bonds is 2. The van der Waals surface area contributed by atoms with Crippen LogP contribution in [-0.2, 0) is 24.8 Å². The van der Waals surface area contributed by atoms with Gasteiger partial charge in [0.15, 0.2) is 0 Å². The van der Waals surface area contributed by atoms with Crippen molar-refractivity contribution in [3.05, 3.63) is 23.8 Å². The lowest BCUT2D eigenvalue weighted by molar-refractivity contribution is -0.132. The summed E-state index contributed by atoms with van der Waals surface area (Å²) in [6, 6.07) is 0. The first-order chi connectivity index (χ1) is 11.1. The summed E-state index contributed by atoms with van der Waals surface area (Å²) in [5.41, 5.74) is 3.37. The summed E-state index contributed by atoms with van der Waals surface area (Å²) in [5, 5.41) is 4.34. The van der Waals surface area contributed by atoms with E-state index in [2.05, 4.69) is 28.5 Å². The van der Waals surface area contributed by atoms with Crippen LogP contribution < -0.4 is 0 Å². The van der Waals surface area contributed by atoms with Crippen LogP contribution in [0, 0.1) is 18.8 Å². The van der Waals surface area contributed by atoms with Gasteiger partial charge in [0.05, 0.1) is 23.8 Å². The van der Waals surface area contributed by atoms with Crippen LogP contribution in [0.25, 0.3) is 11.4 Å². The number of fused-ring (bicyclic) bond motifs is 1. The maximum absolute atomic E-state index is 12.5. The van der Waals surface area contributed by atoms with Crippen LogP contribution in [0.4, 0.5) is 0 Å². The van der Waals surface area contributed by atoms with Gasteiger partial charge in [-0.25, -0.2) is 4.98 Å². The molecule has 2 aliphatic rings. The van der Waals surface area contributed by atoms with Crippen LogP contribution in [0.5, 0.6) is 0 Å². The molecule has 122 valence electrons. The third-order valence-electron chi connectivity index (χ3n) is 5.24. The van der Waals surface area contributed by atoms with Crippen LogP contribution in [0.1, 0.15) is 24.7 Å². The van der Waals surface area contributed by atoms with Gasteiger partial charge in [0.1, 0.15) is 5.82 Å². The van der Waals surface area contributed by atoms with Crippen molar-refractivity contribution in [2.45, 2.75) is 33.2 Å². The molecule has 0 spiro atoms. The van der Waals surface area contributed by atoms with Crippen molar-refractivity contribution in [1.29, 1.82) is 0 Å². The highest BCUT2D eigenvalue weighted by Gasteiger charge is 2.41. The summed E-state index contributed by atoms with van der Waals surface area (Å²) in [4.78, 5) is 19.1. The summed E-state index contributed by atoms with van der Waals surface area (Å²) in [6.07, 6.45) is 5.71. The van der Waals surface area contributed by atoms with E-state index in [9.17, 15) is 4.79 Å². The number of hydrogen-bond donors (Lipinski definition) is 0. The number of amides is 1. The molecule has 6 heteroatoms. The molecule has 2 aromatic rings. The maximum Gasteiger partial charge on any atom is 0.226 e. The molecule has 0 saturated heterocycles. The van der Waals surface area contributed by atoms with Gasteiger partial charge in [-0.1, -0.05) is 6.92 Å². The number of hydrogen-bond acceptors (Lipinski definition) is 3. The normalized spacial score (nSPS) is 23.5. The van der Waals surface area contributed by atoms with E-state index in [1.165, 1.54) is 0 Å². The zero-order valence-electron chi connectivity index (χ0n) is 14.0. The number of aromatic nitrogens is 4. The highest BCUT2D eigenvalue weighted by Crippen LogP contribution is 2.39. The van der Waals surface area contributed by atoms with E-state index >= 15 is 0 Å². The Morgan fingerprint density at radius 3 is 2.70 bits per heavy atom. The molecule has 3 heterocycles. The summed E-state index contributed by atoms with van der Waals surface area (Å²) in [5.74, 6) is 2.23. The monoisotopic (exact) mass is 313 g/mol. The molecular formula is C17H23N5O.